The maximum absolute atomic E-state index is 5.71. The van der Waals surface area contributed by atoms with Crippen LogP contribution in [-0.2, 0) is 3.79 Å². The lowest BCUT2D eigenvalue weighted by atomic mass is 10.1. The Morgan fingerprint density at radius 3 is 1.72 bits per heavy atom. The molecule has 0 saturated heterocycles. The number of benzene rings is 2. The lowest BCUT2D eigenvalue weighted by Crippen LogP contribution is -2.05. The van der Waals surface area contributed by atoms with E-state index in [1.54, 1.807) is 6.08 Å². The summed E-state index contributed by atoms with van der Waals surface area (Å²) in [5.41, 5.74) is 3.16. The van der Waals surface area contributed by atoms with Gasteiger partial charge in [-0.25, -0.2) is 0 Å². The van der Waals surface area contributed by atoms with E-state index < -0.39 is 3.79 Å². The van der Waals surface area contributed by atoms with Crippen LogP contribution in [0.15, 0.2) is 52.9 Å². The minimum Gasteiger partial charge on any atom is -0.491 e. The number of nitrogens with zero attached hydrogens (tertiary/aromatic N) is 2. The standard InChI is InChI=1S/C22H19Cl3N2O2/c1-15(2)28-19-12-9-18(10-13-19)8-5-16-3-6-17(7-4-16)11-14-20-26-27-21(29-20)22(23,24)25/h3-15H,1-2H3. The highest BCUT2D eigenvalue weighted by Gasteiger charge is 2.29. The molecular formula is C22H19Cl3N2O2. The van der Waals surface area contributed by atoms with Crippen molar-refractivity contribution in [2.45, 2.75) is 23.7 Å². The highest BCUT2D eigenvalue weighted by molar-refractivity contribution is 6.66. The fourth-order valence-corrected chi connectivity index (χ4v) is 2.65. The fourth-order valence-electron chi connectivity index (χ4n) is 2.42. The molecule has 1 heterocycles. The summed E-state index contributed by atoms with van der Waals surface area (Å²) in [4.78, 5) is 0. The van der Waals surface area contributed by atoms with Gasteiger partial charge in [0, 0.05) is 6.08 Å². The Morgan fingerprint density at radius 1 is 0.793 bits per heavy atom. The highest BCUT2D eigenvalue weighted by atomic mass is 35.6. The molecule has 0 bridgehead atoms. The molecule has 3 rings (SSSR count). The van der Waals surface area contributed by atoms with Gasteiger partial charge in [-0.15, -0.1) is 10.2 Å². The lowest BCUT2D eigenvalue weighted by molar-refractivity contribution is 0.242. The molecule has 29 heavy (non-hydrogen) atoms. The number of hydrogen-bond donors (Lipinski definition) is 0. The second-order valence-electron chi connectivity index (χ2n) is 6.51. The molecule has 0 aliphatic carbocycles. The van der Waals surface area contributed by atoms with Crippen LogP contribution >= 0.6 is 34.8 Å². The van der Waals surface area contributed by atoms with Gasteiger partial charge in [-0.2, -0.15) is 0 Å². The normalized spacial score (nSPS) is 12.3. The van der Waals surface area contributed by atoms with Crippen molar-refractivity contribution in [2.75, 3.05) is 0 Å². The van der Waals surface area contributed by atoms with Crippen LogP contribution in [-0.4, -0.2) is 16.3 Å². The number of ether oxygens (including phenoxy) is 1. The summed E-state index contributed by atoms with van der Waals surface area (Å²) in [6, 6.07) is 16.0. The SMILES string of the molecule is CC(C)Oc1ccc(C=Cc2ccc(C=Cc3nnc(C(Cl)(Cl)Cl)o3)cc2)cc1. The van der Waals surface area contributed by atoms with Crippen LogP contribution in [0.3, 0.4) is 0 Å². The van der Waals surface area contributed by atoms with E-state index in [0.717, 1.165) is 22.4 Å². The van der Waals surface area contributed by atoms with Crippen LogP contribution in [0, 0.1) is 0 Å². The van der Waals surface area contributed by atoms with Gasteiger partial charge in [0.15, 0.2) is 0 Å². The zero-order chi connectivity index (χ0) is 20.9. The van der Waals surface area contributed by atoms with E-state index in [-0.39, 0.29) is 17.9 Å². The second-order valence-corrected chi connectivity index (χ2v) is 8.79. The molecule has 0 aliphatic rings. The van der Waals surface area contributed by atoms with Crippen molar-refractivity contribution in [1.29, 1.82) is 0 Å². The van der Waals surface area contributed by atoms with E-state index >= 15 is 0 Å². The van der Waals surface area contributed by atoms with E-state index in [1.807, 2.05) is 68.5 Å². The number of halogens is 3. The molecular weight excluding hydrogens is 431 g/mol. The van der Waals surface area contributed by atoms with Crippen LogP contribution in [0.2, 0.25) is 0 Å². The maximum atomic E-state index is 5.71. The van der Waals surface area contributed by atoms with Crippen LogP contribution in [0.1, 0.15) is 42.3 Å². The first-order valence-electron chi connectivity index (χ1n) is 8.93. The van der Waals surface area contributed by atoms with E-state index in [1.165, 1.54) is 0 Å². The van der Waals surface area contributed by atoms with Crippen molar-refractivity contribution in [1.82, 2.24) is 10.2 Å². The van der Waals surface area contributed by atoms with Crippen LogP contribution < -0.4 is 4.74 Å². The van der Waals surface area contributed by atoms with Crippen LogP contribution in [0.4, 0.5) is 0 Å². The molecule has 150 valence electrons. The molecule has 0 saturated carbocycles. The monoisotopic (exact) mass is 448 g/mol. The highest BCUT2D eigenvalue weighted by Crippen LogP contribution is 2.37. The first kappa shape index (κ1) is 21.4. The maximum Gasteiger partial charge on any atom is 0.268 e. The molecule has 1 aromatic heterocycles. The number of rotatable bonds is 6. The summed E-state index contributed by atoms with van der Waals surface area (Å²) in [5.74, 6) is 1.07. The van der Waals surface area contributed by atoms with Gasteiger partial charge in [0.1, 0.15) is 5.75 Å². The average Bonchev–Trinajstić information content (AvgIpc) is 3.16. The Hall–Kier alpha value is -2.27. The van der Waals surface area contributed by atoms with Crippen molar-refractivity contribution < 1.29 is 9.15 Å². The zero-order valence-corrected chi connectivity index (χ0v) is 18.1. The first-order valence-corrected chi connectivity index (χ1v) is 10.1. The van der Waals surface area contributed by atoms with Gasteiger partial charge in [0.2, 0.25) is 5.89 Å². The summed E-state index contributed by atoms with van der Waals surface area (Å²) in [6.07, 6.45) is 7.78. The van der Waals surface area contributed by atoms with E-state index in [4.69, 9.17) is 44.0 Å². The van der Waals surface area contributed by atoms with E-state index in [2.05, 4.69) is 22.3 Å². The minimum absolute atomic E-state index is 0.0635. The van der Waals surface area contributed by atoms with Gasteiger partial charge < -0.3 is 9.15 Å². The number of alkyl halides is 3. The van der Waals surface area contributed by atoms with Crippen molar-refractivity contribution >= 4 is 59.1 Å². The van der Waals surface area contributed by atoms with Gasteiger partial charge in [-0.05, 0) is 48.7 Å². The Morgan fingerprint density at radius 2 is 1.28 bits per heavy atom. The molecule has 0 amide bonds. The third-order valence-electron chi connectivity index (χ3n) is 3.76. The van der Waals surface area contributed by atoms with E-state index in [9.17, 15) is 0 Å². The average molecular weight is 450 g/mol. The number of hydrogen-bond acceptors (Lipinski definition) is 4. The molecule has 0 radical (unpaired) electrons. The van der Waals surface area contributed by atoms with Crippen molar-refractivity contribution in [2.24, 2.45) is 0 Å². The lowest BCUT2D eigenvalue weighted by Gasteiger charge is -2.09. The molecule has 0 N–H and O–H groups in total. The van der Waals surface area contributed by atoms with Crippen LogP contribution in [0.5, 0.6) is 5.75 Å². The van der Waals surface area contributed by atoms with Crippen molar-refractivity contribution in [3.8, 4) is 5.75 Å². The van der Waals surface area contributed by atoms with Gasteiger partial charge in [-0.3, -0.25) is 0 Å². The van der Waals surface area contributed by atoms with E-state index in [0.29, 0.717) is 0 Å². The summed E-state index contributed by atoms with van der Waals surface area (Å²) in [7, 11) is 0. The van der Waals surface area contributed by atoms with Crippen molar-refractivity contribution in [3.63, 3.8) is 0 Å². The molecule has 7 heteroatoms. The van der Waals surface area contributed by atoms with Gasteiger partial charge >= 0.3 is 0 Å². The second kappa shape index (κ2) is 9.49. The summed E-state index contributed by atoms with van der Waals surface area (Å²) in [5, 5.41) is 7.53. The predicted molar refractivity (Wildman–Crippen MR) is 120 cm³/mol. The Labute approximate surface area is 184 Å². The fraction of sp³-hybridized carbons (Fsp3) is 0.182. The zero-order valence-electron chi connectivity index (χ0n) is 15.9. The molecule has 4 nitrogen and oxygen atoms in total. The third-order valence-corrected chi connectivity index (χ3v) is 4.24. The molecule has 0 atom stereocenters. The number of aromatic nitrogens is 2. The minimum atomic E-state index is -1.73. The quantitative estimate of drug-likeness (QED) is 0.299. The molecule has 0 spiro atoms. The molecule has 0 aliphatic heterocycles. The molecule has 3 aromatic rings. The third kappa shape index (κ3) is 6.64. The predicted octanol–water partition coefficient (Wildman–Crippen LogP) is 7.02. The van der Waals surface area contributed by atoms with Gasteiger partial charge in [0.25, 0.3) is 9.68 Å². The Balaban J connectivity index is 1.61. The first-order chi connectivity index (χ1) is 13.8. The van der Waals surface area contributed by atoms with Gasteiger partial charge in [0.05, 0.1) is 6.10 Å². The smallest absolute Gasteiger partial charge is 0.268 e. The van der Waals surface area contributed by atoms with Crippen molar-refractivity contribution in [3.05, 3.63) is 77.0 Å². The van der Waals surface area contributed by atoms with Gasteiger partial charge in [-0.1, -0.05) is 83.4 Å². The molecule has 2 aromatic carbocycles. The van der Waals surface area contributed by atoms with Crippen LogP contribution in [0.25, 0.3) is 24.3 Å². The topological polar surface area (TPSA) is 48.2 Å². The summed E-state index contributed by atoms with van der Waals surface area (Å²) >= 11 is 17.1. The largest absolute Gasteiger partial charge is 0.491 e. The molecule has 0 fully saturated rings. The Kier molecular flexibility index (Phi) is 7.01. The summed E-state index contributed by atoms with van der Waals surface area (Å²) in [6.45, 7) is 4.02. The Bertz CT molecular complexity index is 986. The molecule has 0 unspecified atom stereocenters. The summed E-state index contributed by atoms with van der Waals surface area (Å²) < 4.78 is 9.21.